The van der Waals surface area contributed by atoms with Gasteiger partial charge in [-0.3, -0.25) is 14.3 Å². The van der Waals surface area contributed by atoms with Crippen LogP contribution in [0.2, 0.25) is 0 Å². The first-order valence-corrected chi connectivity index (χ1v) is 8.20. The van der Waals surface area contributed by atoms with Gasteiger partial charge < -0.3 is 10.6 Å². The summed E-state index contributed by atoms with van der Waals surface area (Å²) in [6, 6.07) is 0. The smallest absolute Gasteiger partial charge is 0.353 e. The van der Waals surface area contributed by atoms with Crippen molar-refractivity contribution in [2.75, 3.05) is 41.5 Å². The zero-order chi connectivity index (χ0) is 14.0. The molecule has 8 nitrogen and oxygen atoms in total. The Hall–Kier alpha value is -1.42. The van der Waals surface area contributed by atoms with Crippen LogP contribution >= 0.6 is 11.8 Å². The highest BCUT2D eigenvalue weighted by Gasteiger charge is 2.29. The molecule has 1 fully saturated rings. The van der Waals surface area contributed by atoms with Gasteiger partial charge in [-0.15, -0.1) is 0 Å². The van der Waals surface area contributed by atoms with E-state index in [1.165, 1.54) is 11.8 Å². The van der Waals surface area contributed by atoms with E-state index in [1.807, 2.05) is 0 Å². The molecule has 1 saturated heterocycles. The summed E-state index contributed by atoms with van der Waals surface area (Å²) in [6.45, 7) is 0.940. The van der Waals surface area contributed by atoms with E-state index in [1.54, 1.807) is 11.2 Å². The molecule has 2 rings (SSSR count). The lowest BCUT2D eigenvalue weighted by atomic mass is 10.3. The molecular formula is C9H13N5O3S2. The fraction of sp³-hybridized carbons (Fsp3) is 0.556. The highest BCUT2D eigenvalue weighted by Crippen LogP contribution is 2.33. The summed E-state index contributed by atoms with van der Waals surface area (Å²) in [5.74, 6) is 1.05. The monoisotopic (exact) mass is 303 g/mol. The molecule has 0 spiro atoms. The van der Waals surface area contributed by atoms with Crippen molar-refractivity contribution >= 4 is 39.9 Å². The number of aromatic nitrogens is 2. The summed E-state index contributed by atoms with van der Waals surface area (Å²) >= 11 is 1.27. The molecule has 1 aromatic heterocycles. The van der Waals surface area contributed by atoms with Crippen molar-refractivity contribution in [1.29, 1.82) is 0 Å². The highest BCUT2D eigenvalue weighted by atomic mass is 32.2. The fourth-order valence-electron chi connectivity index (χ4n) is 1.78. The van der Waals surface area contributed by atoms with Crippen LogP contribution in [0.5, 0.6) is 0 Å². The van der Waals surface area contributed by atoms with E-state index in [9.17, 15) is 14.3 Å². The molecule has 0 aliphatic carbocycles. The van der Waals surface area contributed by atoms with E-state index in [0.717, 1.165) is 0 Å². The van der Waals surface area contributed by atoms with Gasteiger partial charge >= 0.3 is 5.69 Å². The molecule has 0 unspecified atom stereocenters. The zero-order valence-electron chi connectivity index (χ0n) is 10.2. The first-order chi connectivity index (χ1) is 9.02. The summed E-state index contributed by atoms with van der Waals surface area (Å²) in [6.07, 6.45) is 1.77. The summed E-state index contributed by atoms with van der Waals surface area (Å²) in [7, 11) is -0.856. The Morgan fingerprint density at radius 3 is 2.58 bits per heavy atom. The van der Waals surface area contributed by atoms with Crippen molar-refractivity contribution in [3.05, 3.63) is 10.1 Å². The van der Waals surface area contributed by atoms with Crippen LogP contribution in [0.25, 0.3) is 0 Å². The minimum absolute atomic E-state index is 0.133. The zero-order valence-corrected chi connectivity index (χ0v) is 11.9. The summed E-state index contributed by atoms with van der Waals surface area (Å²) in [5.41, 5.74) is 5.37. The molecule has 1 aliphatic heterocycles. The lowest BCUT2D eigenvalue weighted by molar-refractivity contribution is -0.383. The Kier molecular flexibility index (Phi) is 4.20. The van der Waals surface area contributed by atoms with E-state index in [-0.39, 0.29) is 17.3 Å². The maximum Gasteiger partial charge on any atom is 0.353 e. The van der Waals surface area contributed by atoms with Gasteiger partial charge in [0, 0.05) is 35.4 Å². The molecule has 19 heavy (non-hydrogen) atoms. The molecular weight excluding hydrogens is 290 g/mol. The minimum Gasteiger partial charge on any atom is -0.378 e. The summed E-state index contributed by atoms with van der Waals surface area (Å²) in [5, 5.41) is 11.5. The Morgan fingerprint density at radius 2 is 2.05 bits per heavy atom. The van der Waals surface area contributed by atoms with Crippen LogP contribution in [-0.2, 0) is 10.8 Å². The summed E-state index contributed by atoms with van der Waals surface area (Å²) in [4.78, 5) is 20.3. The first-order valence-electron chi connectivity index (χ1n) is 5.48. The molecule has 0 atom stereocenters. The van der Waals surface area contributed by atoms with Crippen LogP contribution in [-0.4, -0.2) is 50.0 Å². The minimum atomic E-state index is -0.856. The Labute approximate surface area is 116 Å². The van der Waals surface area contributed by atoms with Crippen LogP contribution in [0, 0.1) is 10.1 Å². The molecule has 0 bridgehead atoms. The number of nitrogen functional groups attached to an aromatic ring is 1. The number of nitrogens with two attached hydrogens (primary N) is 1. The standard InChI is InChI=1S/C9H13N5O3S2/c1-18-9-11-7(10)6(14(15)16)8(12-9)13-2-4-19(17)5-3-13/h2-5H2,1H3,(H2,10,11,12). The van der Waals surface area contributed by atoms with E-state index < -0.39 is 15.7 Å². The van der Waals surface area contributed by atoms with Crippen molar-refractivity contribution in [2.24, 2.45) is 0 Å². The van der Waals surface area contributed by atoms with Gasteiger partial charge in [-0.1, -0.05) is 11.8 Å². The quantitative estimate of drug-likeness (QED) is 0.366. The lowest BCUT2D eigenvalue weighted by Gasteiger charge is -2.27. The van der Waals surface area contributed by atoms with Crippen molar-refractivity contribution in [3.8, 4) is 0 Å². The third-order valence-corrected chi connectivity index (χ3v) is 4.54. The van der Waals surface area contributed by atoms with E-state index in [2.05, 4.69) is 9.97 Å². The van der Waals surface area contributed by atoms with Gasteiger partial charge in [-0.05, 0) is 6.26 Å². The van der Waals surface area contributed by atoms with Gasteiger partial charge in [0.15, 0.2) is 5.16 Å². The van der Waals surface area contributed by atoms with Crippen molar-refractivity contribution in [1.82, 2.24) is 9.97 Å². The number of hydrogen-bond acceptors (Lipinski definition) is 8. The van der Waals surface area contributed by atoms with Crippen molar-refractivity contribution in [3.63, 3.8) is 0 Å². The largest absolute Gasteiger partial charge is 0.378 e. The Morgan fingerprint density at radius 1 is 1.42 bits per heavy atom. The topological polar surface area (TPSA) is 115 Å². The second kappa shape index (κ2) is 5.70. The van der Waals surface area contributed by atoms with Crippen LogP contribution in [0.1, 0.15) is 0 Å². The number of anilines is 2. The van der Waals surface area contributed by atoms with Gasteiger partial charge in [-0.25, -0.2) is 0 Å². The maximum atomic E-state index is 11.3. The summed E-state index contributed by atoms with van der Waals surface area (Å²) < 4.78 is 11.3. The van der Waals surface area contributed by atoms with Gasteiger partial charge in [0.2, 0.25) is 11.6 Å². The number of thioether (sulfide) groups is 1. The number of nitrogens with zero attached hydrogens (tertiary/aromatic N) is 4. The number of nitro groups is 1. The molecule has 2 N–H and O–H groups in total. The van der Waals surface area contributed by atoms with E-state index in [4.69, 9.17) is 5.73 Å². The van der Waals surface area contributed by atoms with E-state index in [0.29, 0.717) is 29.8 Å². The molecule has 0 aromatic carbocycles. The molecule has 10 heteroatoms. The van der Waals surface area contributed by atoms with Crippen LogP contribution in [0.15, 0.2) is 5.16 Å². The van der Waals surface area contributed by atoms with Gasteiger partial charge in [-0.2, -0.15) is 9.97 Å². The second-order valence-corrected chi connectivity index (χ2v) is 6.33. The predicted octanol–water partition coefficient (Wildman–Crippen LogP) is 0.258. The molecule has 1 aromatic rings. The molecule has 2 heterocycles. The molecule has 0 amide bonds. The Balaban J connectivity index is 2.44. The van der Waals surface area contributed by atoms with Crippen LogP contribution in [0.4, 0.5) is 17.3 Å². The first kappa shape index (κ1) is 14.0. The van der Waals surface area contributed by atoms with Crippen molar-refractivity contribution < 1.29 is 9.13 Å². The number of hydrogen-bond donors (Lipinski definition) is 1. The van der Waals surface area contributed by atoms with Crippen molar-refractivity contribution in [2.45, 2.75) is 5.16 Å². The predicted molar refractivity (Wildman–Crippen MR) is 75.0 cm³/mol. The van der Waals surface area contributed by atoms with Gasteiger partial charge in [0.25, 0.3) is 0 Å². The number of rotatable bonds is 3. The van der Waals surface area contributed by atoms with Gasteiger partial charge in [0.1, 0.15) is 0 Å². The third-order valence-electron chi connectivity index (χ3n) is 2.71. The highest BCUT2D eigenvalue weighted by molar-refractivity contribution is 7.98. The second-order valence-electron chi connectivity index (χ2n) is 3.86. The van der Waals surface area contributed by atoms with E-state index >= 15 is 0 Å². The molecule has 104 valence electrons. The molecule has 1 aliphatic rings. The molecule has 0 saturated carbocycles. The SMILES string of the molecule is CSc1nc(N)c([N+](=O)[O-])c(N2CCS(=O)CC2)n1. The Bertz CT molecular complexity index is 529. The average Bonchev–Trinajstić information content (AvgIpc) is 2.38. The molecule has 0 radical (unpaired) electrons. The fourth-order valence-corrected chi connectivity index (χ4v) is 3.20. The average molecular weight is 303 g/mol. The lowest BCUT2D eigenvalue weighted by Crippen LogP contribution is -2.38. The third kappa shape index (κ3) is 2.95. The maximum absolute atomic E-state index is 11.3. The van der Waals surface area contributed by atoms with Gasteiger partial charge in [0.05, 0.1) is 4.92 Å². The normalized spacial score (nSPS) is 16.6. The van der Waals surface area contributed by atoms with Crippen LogP contribution < -0.4 is 10.6 Å². The van der Waals surface area contributed by atoms with Crippen LogP contribution in [0.3, 0.4) is 0 Å².